The fraction of sp³-hybridized carbons (Fsp3) is 0.269. The lowest BCUT2D eigenvalue weighted by Crippen LogP contribution is -2.65. The number of anilines is 2. The third kappa shape index (κ3) is 3.32. The molecule has 1 fully saturated rings. The van der Waals surface area contributed by atoms with Gasteiger partial charge in [-0.15, -0.1) is 0 Å². The van der Waals surface area contributed by atoms with E-state index in [1.54, 1.807) is 7.11 Å². The smallest absolute Gasteiger partial charge is 0.252 e. The van der Waals surface area contributed by atoms with Crippen LogP contribution in [0.2, 0.25) is 0 Å². The first-order chi connectivity index (χ1) is 14.4. The van der Waals surface area contributed by atoms with E-state index in [9.17, 15) is 4.79 Å². The zero-order chi connectivity index (χ0) is 21.4. The number of rotatable bonds is 5. The van der Waals surface area contributed by atoms with Crippen LogP contribution in [0.4, 0.5) is 11.4 Å². The van der Waals surface area contributed by atoms with Crippen LogP contribution in [-0.2, 0) is 4.79 Å². The molecule has 4 nitrogen and oxygen atoms in total. The summed E-state index contributed by atoms with van der Waals surface area (Å²) in [5.74, 6) is 0.889. The highest BCUT2D eigenvalue weighted by molar-refractivity contribution is 6.08. The van der Waals surface area contributed by atoms with Crippen LogP contribution in [0.1, 0.15) is 28.3 Å². The summed E-state index contributed by atoms with van der Waals surface area (Å²) in [7, 11) is 3.66. The van der Waals surface area contributed by atoms with Crippen LogP contribution in [-0.4, -0.2) is 26.1 Å². The second-order valence-electron chi connectivity index (χ2n) is 8.05. The van der Waals surface area contributed by atoms with Gasteiger partial charge >= 0.3 is 0 Å². The van der Waals surface area contributed by atoms with Gasteiger partial charge in [-0.1, -0.05) is 35.9 Å². The molecule has 0 aromatic heterocycles. The highest BCUT2D eigenvalue weighted by atomic mass is 16.5. The highest BCUT2D eigenvalue weighted by Gasteiger charge is 2.52. The van der Waals surface area contributed by atoms with E-state index in [4.69, 9.17) is 4.74 Å². The van der Waals surface area contributed by atoms with E-state index >= 15 is 0 Å². The molecule has 154 valence electrons. The van der Waals surface area contributed by atoms with Crippen LogP contribution in [0, 0.1) is 20.8 Å². The fourth-order valence-corrected chi connectivity index (χ4v) is 4.65. The number of carbonyl (C=O) groups is 1. The van der Waals surface area contributed by atoms with Gasteiger partial charge in [0.1, 0.15) is 11.8 Å². The molecule has 1 aliphatic heterocycles. The molecule has 30 heavy (non-hydrogen) atoms. The number of methoxy groups -OCH3 is 1. The van der Waals surface area contributed by atoms with Gasteiger partial charge in [-0.3, -0.25) is 4.79 Å². The number of aryl methyl sites for hydroxylation is 3. The van der Waals surface area contributed by atoms with Crippen molar-refractivity contribution in [2.75, 3.05) is 24.0 Å². The van der Waals surface area contributed by atoms with Gasteiger partial charge in [0.25, 0.3) is 5.91 Å². The van der Waals surface area contributed by atoms with E-state index in [0.717, 1.165) is 17.1 Å². The number of hydrogen-bond donors (Lipinski definition) is 0. The molecular weight excluding hydrogens is 372 g/mol. The summed E-state index contributed by atoms with van der Waals surface area (Å²) in [6.07, 6.45) is 0. The van der Waals surface area contributed by atoms with E-state index in [1.807, 2.05) is 54.4 Å². The lowest BCUT2D eigenvalue weighted by molar-refractivity contribution is -0.126. The normalized spacial score (nSPS) is 18.2. The molecule has 1 heterocycles. The molecule has 0 N–H and O–H groups in total. The summed E-state index contributed by atoms with van der Waals surface area (Å²) < 4.78 is 5.30. The second-order valence-corrected chi connectivity index (χ2v) is 8.05. The van der Waals surface area contributed by atoms with Crippen molar-refractivity contribution in [1.29, 1.82) is 0 Å². The van der Waals surface area contributed by atoms with Gasteiger partial charge < -0.3 is 14.5 Å². The van der Waals surface area contributed by atoms with Crippen molar-refractivity contribution in [3.63, 3.8) is 0 Å². The minimum absolute atomic E-state index is 0.0586. The van der Waals surface area contributed by atoms with Crippen molar-refractivity contribution in [3.8, 4) is 5.75 Å². The van der Waals surface area contributed by atoms with Crippen LogP contribution < -0.4 is 14.5 Å². The van der Waals surface area contributed by atoms with Gasteiger partial charge in [0.2, 0.25) is 0 Å². The Morgan fingerprint density at radius 2 is 1.50 bits per heavy atom. The largest absolute Gasteiger partial charge is 0.497 e. The van der Waals surface area contributed by atoms with Crippen molar-refractivity contribution >= 4 is 17.3 Å². The second kappa shape index (κ2) is 7.86. The average Bonchev–Trinajstić information content (AvgIpc) is 2.73. The maximum atomic E-state index is 13.5. The van der Waals surface area contributed by atoms with Crippen LogP contribution in [0.15, 0.2) is 66.7 Å². The molecule has 0 spiro atoms. The first kappa shape index (κ1) is 20.0. The molecule has 0 saturated carbocycles. The minimum Gasteiger partial charge on any atom is -0.497 e. The standard InChI is InChI=1S/C26H28N2O2/c1-17-15-18(2)23(19(3)16-17)24-25(27(4)20-9-7-6-8-10-20)26(29)28(24)21-11-13-22(30-5)14-12-21/h6-16,24-25H,1-5H3. The van der Waals surface area contributed by atoms with Crippen LogP contribution >= 0.6 is 0 Å². The quantitative estimate of drug-likeness (QED) is 0.551. The molecule has 0 aliphatic carbocycles. The lowest BCUT2D eigenvalue weighted by Gasteiger charge is -2.52. The predicted molar refractivity (Wildman–Crippen MR) is 123 cm³/mol. The number of ether oxygens (including phenoxy) is 1. The third-order valence-electron chi connectivity index (χ3n) is 6.03. The molecule has 1 aliphatic rings. The molecule has 0 radical (unpaired) electrons. The minimum atomic E-state index is -0.255. The Morgan fingerprint density at radius 1 is 0.900 bits per heavy atom. The highest BCUT2D eigenvalue weighted by Crippen LogP contribution is 2.45. The molecule has 4 rings (SSSR count). The molecule has 1 saturated heterocycles. The Kier molecular flexibility index (Phi) is 5.25. The number of amides is 1. The van der Waals surface area contributed by atoms with Gasteiger partial charge in [-0.05, 0) is 73.9 Å². The molecule has 2 atom stereocenters. The fourth-order valence-electron chi connectivity index (χ4n) is 4.65. The monoisotopic (exact) mass is 400 g/mol. The zero-order valence-corrected chi connectivity index (χ0v) is 18.2. The topological polar surface area (TPSA) is 32.8 Å². The Hall–Kier alpha value is -3.27. The molecule has 4 heteroatoms. The summed E-state index contributed by atoms with van der Waals surface area (Å²) in [5, 5.41) is 0. The van der Waals surface area contributed by atoms with Gasteiger partial charge in [-0.2, -0.15) is 0 Å². The summed E-state index contributed by atoms with van der Waals surface area (Å²) in [4.78, 5) is 17.5. The van der Waals surface area contributed by atoms with E-state index in [-0.39, 0.29) is 18.0 Å². The third-order valence-corrected chi connectivity index (χ3v) is 6.03. The molecule has 1 amide bonds. The number of para-hydroxylation sites is 1. The van der Waals surface area contributed by atoms with Gasteiger partial charge in [0, 0.05) is 18.4 Å². The number of carbonyl (C=O) groups excluding carboxylic acids is 1. The van der Waals surface area contributed by atoms with E-state index in [1.165, 1.54) is 22.3 Å². The van der Waals surface area contributed by atoms with E-state index in [0.29, 0.717) is 0 Å². The van der Waals surface area contributed by atoms with Crippen LogP contribution in [0.5, 0.6) is 5.75 Å². The Morgan fingerprint density at radius 3 is 2.07 bits per heavy atom. The molecule has 3 aromatic carbocycles. The van der Waals surface area contributed by atoms with Gasteiger partial charge in [0.05, 0.1) is 13.2 Å². The van der Waals surface area contributed by atoms with E-state index in [2.05, 4.69) is 49.9 Å². The summed E-state index contributed by atoms with van der Waals surface area (Å²) >= 11 is 0. The lowest BCUT2D eigenvalue weighted by atomic mass is 9.81. The first-order valence-corrected chi connectivity index (χ1v) is 10.2. The van der Waals surface area contributed by atoms with Crippen molar-refractivity contribution in [1.82, 2.24) is 0 Å². The van der Waals surface area contributed by atoms with Crippen LogP contribution in [0.3, 0.4) is 0 Å². The van der Waals surface area contributed by atoms with Crippen molar-refractivity contribution in [3.05, 3.63) is 89.0 Å². The number of likely N-dealkylation sites (N-methyl/N-ethyl adjacent to an activating group) is 1. The number of benzene rings is 3. The average molecular weight is 401 g/mol. The molecule has 3 aromatic rings. The summed E-state index contributed by atoms with van der Waals surface area (Å²) in [6.45, 7) is 6.40. The van der Waals surface area contributed by atoms with Crippen molar-refractivity contribution in [2.24, 2.45) is 0 Å². The van der Waals surface area contributed by atoms with Crippen molar-refractivity contribution < 1.29 is 9.53 Å². The number of nitrogens with zero attached hydrogens (tertiary/aromatic N) is 2. The Labute approximate surface area is 178 Å². The Bertz CT molecular complexity index is 1040. The molecule has 2 unspecified atom stereocenters. The zero-order valence-electron chi connectivity index (χ0n) is 18.2. The molecule has 0 bridgehead atoms. The van der Waals surface area contributed by atoms with E-state index < -0.39 is 0 Å². The summed E-state index contributed by atoms with van der Waals surface area (Å²) in [6, 6.07) is 21.9. The predicted octanol–water partition coefficient (Wildman–Crippen LogP) is 5.21. The number of hydrogen-bond acceptors (Lipinski definition) is 3. The Balaban J connectivity index is 1.80. The molecular formula is C26H28N2O2. The van der Waals surface area contributed by atoms with Gasteiger partial charge in [0.15, 0.2) is 0 Å². The van der Waals surface area contributed by atoms with Gasteiger partial charge in [-0.25, -0.2) is 0 Å². The summed E-state index contributed by atoms with van der Waals surface area (Å²) in [5.41, 5.74) is 6.83. The van der Waals surface area contributed by atoms with Crippen LogP contribution in [0.25, 0.3) is 0 Å². The first-order valence-electron chi connectivity index (χ1n) is 10.2. The maximum absolute atomic E-state index is 13.5. The maximum Gasteiger partial charge on any atom is 0.252 e. The number of β-lactam (4-membered cyclic amide) rings is 1. The SMILES string of the molecule is COc1ccc(N2C(=O)C(N(C)c3ccccc3)C2c2c(C)cc(C)cc2C)cc1. The van der Waals surface area contributed by atoms with Crippen molar-refractivity contribution in [2.45, 2.75) is 32.9 Å².